The van der Waals surface area contributed by atoms with Crippen molar-refractivity contribution < 1.29 is 14.3 Å². The highest BCUT2D eigenvalue weighted by atomic mass is 32.2. The van der Waals surface area contributed by atoms with Gasteiger partial charge in [0.15, 0.2) is 5.17 Å². The third kappa shape index (κ3) is 5.02. The smallest absolute Gasteiger partial charge is 0.266 e. The highest BCUT2D eigenvalue weighted by Gasteiger charge is 2.33. The number of nitrogens with one attached hydrogen (secondary N) is 1. The average molecular weight is 498 g/mol. The Balaban J connectivity index is 1.46. The van der Waals surface area contributed by atoms with Crippen LogP contribution < -0.4 is 9.47 Å². The Morgan fingerprint density at radius 1 is 1.03 bits per heavy atom. The van der Waals surface area contributed by atoms with Crippen LogP contribution in [0, 0.1) is 0 Å². The molecule has 0 bridgehead atoms. The molecule has 0 radical (unpaired) electrons. The molecule has 1 saturated heterocycles. The number of methoxy groups -OCH3 is 1. The monoisotopic (exact) mass is 497 g/mol. The number of H-pyrrole nitrogens is 1. The molecule has 5 rings (SSSR count). The SMILES string of the molecule is CCOc1ccccc1/C=C1/SC(=Nc2ccc(OC)cc2)N(CCc2c[nH]c3ccccc23)C1=O. The molecular formula is C29H27N3O3S. The second kappa shape index (κ2) is 10.7. The second-order valence-corrected chi connectivity index (χ2v) is 9.25. The number of carbonyl (C=O) groups excluding carboxylic acids is 1. The van der Waals surface area contributed by atoms with Crippen LogP contribution in [0.25, 0.3) is 17.0 Å². The molecule has 7 heteroatoms. The predicted octanol–water partition coefficient (Wildman–Crippen LogP) is 6.42. The number of amidine groups is 1. The van der Waals surface area contributed by atoms with Crippen LogP contribution in [0.2, 0.25) is 0 Å². The summed E-state index contributed by atoms with van der Waals surface area (Å²) in [5, 5.41) is 1.83. The average Bonchev–Trinajstić information content (AvgIpc) is 3.45. The lowest BCUT2D eigenvalue weighted by atomic mass is 10.1. The first kappa shape index (κ1) is 23.8. The zero-order valence-corrected chi connectivity index (χ0v) is 21.0. The Labute approximate surface area is 214 Å². The summed E-state index contributed by atoms with van der Waals surface area (Å²) in [5.41, 5.74) is 3.90. The van der Waals surface area contributed by atoms with Gasteiger partial charge < -0.3 is 14.5 Å². The number of thioether (sulfide) groups is 1. The molecule has 1 fully saturated rings. The summed E-state index contributed by atoms with van der Waals surface area (Å²) in [7, 11) is 1.63. The molecule has 1 amide bonds. The van der Waals surface area contributed by atoms with Gasteiger partial charge in [-0.3, -0.25) is 9.69 Å². The maximum atomic E-state index is 13.6. The number of carbonyl (C=O) groups is 1. The van der Waals surface area contributed by atoms with E-state index in [1.165, 1.54) is 22.7 Å². The number of hydrogen-bond acceptors (Lipinski definition) is 5. The van der Waals surface area contributed by atoms with E-state index in [0.29, 0.717) is 29.6 Å². The van der Waals surface area contributed by atoms with Gasteiger partial charge >= 0.3 is 0 Å². The van der Waals surface area contributed by atoms with Crippen LogP contribution in [0.3, 0.4) is 0 Å². The molecular weight excluding hydrogens is 470 g/mol. The number of rotatable bonds is 8. The summed E-state index contributed by atoms with van der Waals surface area (Å²) >= 11 is 1.39. The number of nitrogens with zero attached hydrogens (tertiary/aromatic N) is 2. The standard InChI is InChI=1S/C29H27N3O3S/c1-3-35-26-11-7-4-8-20(26)18-27-28(33)32(17-16-21-19-30-25-10-6-5-9-24(21)25)29(36-27)31-22-12-14-23(34-2)15-13-22/h4-15,18-19,30H,3,16-17H2,1-2H3/b27-18+,31-29?. The zero-order chi connectivity index (χ0) is 24.9. The maximum absolute atomic E-state index is 13.6. The number of para-hydroxylation sites is 2. The number of ether oxygens (including phenoxy) is 2. The largest absolute Gasteiger partial charge is 0.497 e. The highest BCUT2D eigenvalue weighted by Crippen LogP contribution is 2.36. The van der Waals surface area contributed by atoms with Gasteiger partial charge in [0.25, 0.3) is 5.91 Å². The fourth-order valence-corrected chi connectivity index (χ4v) is 5.17. The molecule has 0 unspecified atom stereocenters. The van der Waals surface area contributed by atoms with E-state index in [4.69, 9.17) is 14.5 Å². The second-order valence-electron chi connectivity index (χ2n) is 8.24. The molecule has 0 spiro atoms. The molecule has 4 aromatic rings. The van der Waals surface area contributed by atoms with Gasteiger partial charge in [0.05, 0.1) is 24.3 Å². The van der Waals surface area contributed by atoms with Gasteiger partial charge in [-0.25, -0.2) is 4.99 Å². The third-order valence-corrected chi connectivity index (χ3v) is 6.98. The van der Waals surface area contributed by atoms with Crippen molar-refractivity contribution in [2.24, 2.45) is 4.99 Å². The van der Waals surface area contributed by atoms with Crippen molar-refractivity contribution >= 4 is 45.5 Å². The molecule has 1 aromatic heterocycles. The molecule has 36 heavy (non-hydrogen) atoms. The van der Waals surface area contributed by atoms with Crippen LogP contribution >= 0.6 is 11.8 Å². The number of aromatic amines is 1. The Kier molecular flexibility index (Phi) is 7.09. The van der Waals surface area contributed by atoms with Crippen molar-refractivity contribution in [1.82, 2.24) is 9.88 Å². The number of aliphatic imine (C=N–C) groups is 1. The molecule has 1 N–H and O–H groups in total. The number of aromatic nitrogens is 1. The van der Waals surface area contributed by atoms with Gasteiger partial charge in [0.2, 0.25) is 0 Å². The van der Waals surface area contributed by atoms with E-state index in [0.717, 1.165) is 28.3 Å². The fourth-order valence-electron chi connectivity index (χ4n) is 4.15. The topological polar surface area (TPSA) is 66.9 Å². The Morgan fingerprint density at radius 3 is 2.61 bits per heavy atom. The number of fused-ring (bicyclic) bond motifs is 1. The van der Waals surface area contributed by atoms with Gasteiger partial charge in [-0.1, -0.05) is 36.4 Å². The quantitative estimate of drug-likeness (QED) is 0.285. The number of amides is 1. The Bertz CT molecular complexity index is 1440. The van der Waals surface area contributed by atoms with Crippen molar-refractivity contribution in [3.8, 4) is 11.5 Å². The van der Waals surface area contributed by atoms with E-state index < -0.39 is 0 Å². The molecule has 0 atom stereocenters. The van der Waals surface area contributed by atoms with E-state index in [-0.39, 0.29) is 5.91 Å². The highest BCUT2D eigenvalue weighted by molar-refractivity contribution is 8.18. The third-order valence-electron chi connectivity index (χ3n) is 5.97. The van der Waals surface area contributed by atoms with Crippen LogP contribution in [-0.2, 0) is 11.2 Å². The first-order valence-electron chi connectivity index (χ1n) is 11.9. The van der Waals surface area contributed by atoms with Gasteiger partial charge in [-0.15, -0.1) is 0 Å². The van der Waals surface area contributed by atoms with Gasteiger partial charge in [-0.05, 0) is 73.1 Å². The zero-order valence-electron chi connectivity index (χ0n) is 20.2. The van der Waals surface area contributed by atoms with Crippen molar-refractivity contribution in [2.75, 3.05) is 20.3 Å². The first-order chi connectivity index (χ1) is 17.7. The Hall–Kier alpha value is -3.97. The molecule has 3 aromatic carbocycles. The summed E-state index contributed by atoms with van der Waals surface area (Å²) in [4.78, 5) is 24.1. The van der Waals surface area contributed by atoms with Gasteiger partial charge in [-0.2, -0.15) is 0 Å². The van der Waals surface area contributed by atoms with Crippen LogP contribution in [0.1, 0.15) is 18.1 Å². The lowest BCUT2D eigenvalue weighted by Gasteiger charge is -2.15. The van der Waals surface area contributed by atoms with Crippen LogP contribution in [0.4, 0.5) is 5.69 Å². The van der Waals surface area contributed by atoms with E-state index in [1.54, 1.807) is 12.0 Å². The predicted molar refractivity (Wildman–Crippen MR) is 147 cm³/mol. The van der Waals surface area contributed by atoms with Crippen molar-refractivity contribution in [3.05, 3.63) is 95.0 Å². The summed E-state index contributed by atoms with van der Waals surface area (Å²) in [6.07, 6.45) is 4.63. The van der Waals surface area contributed by atoms with Crippen molar-refractivity contribution in [3.63, 3.8) is 0 Å². The summed E-state index contributed by atoms with van der Waals surface area (Å²) in [6, 6.07) is 23.5. The molecule has 0 saturated carbocycles. The molecule has 1 aliphatic rings. The lowest BCUT2D eigenvalue weighted by molar-refractivity contribution is -0.122. The number of hydrogen-bond donors (Lipinski definition) is 1. The fraction of sp³-hybridized carbons (Fsp3) is 0.172. The van der Waals surface area contributed by atoms with Crippen LogP contribution in [0.5, 0.6) is 11.5 Å². The normalized spacial score (nSPS) is 15.8. The lowest BCUT2D eigenvalue weighted by Crippen LogP contribution is -2.31. The maximum Gasteiger partial charge on any atom is 0.266 e. The summed E-state index contributed by atoms with van der Waals surface area (Å²) in [5.74, 6) is 1.46. The summed E-state index contributed by atoms with van der Waals surface area (Å²) < 4.78 is 11.0. The summed E-state index contributed by atoms with van der Waals surface area (Å²) in [6.45, 7) is 3.03. The van der Waals surface area contributed by atoms with Crippen molar-refractivity contribution in [1.29, 1.82) is 0 Å². The minimum absolute atomic E-state index is 0.0570. The van der Waals surface area contributed by atoms with E-state index >= 15 is 0 Å². The molecule has 6 nitrogen and oxygen atoms in total. The first-order valence-corrected chi connectivity index (χ1v) is 12.7. The minimum Gasteiger partial charge on any atom is -0.497 e. The molecule has 1 aliphatic heterocycles. The Morgan fingerprint density at radius 2 is 1.81 bits per heavy atom. The van der Waals surface area contributed by atoms with E-state index in [9.17, 15) is 4.79 Å². The van der Waals surface area contributed by atoms with Crippen LogP contribution in [0.15, 0.2) is 88.9 Å². The van der Waals surface area contributed by atoms with Gasteiger partial charge in [0.1, 0.15) is 11.5 Å². The number of benzene rings is 3. The van der Waals surface area contributed by atoms with Gasteiger partial charge in [0, 0.05) is 29.2 Å². The van der Waals surface area contributed by atoms with E-state index in [2.05, 4.69) is 17.1 Å². The molecule has 182 valence electrons. The van der Waals surface area contributed by atoms with E-state index in [1.807, 2.05) is 79.9 Å². The molecule has 2 heterocycles. The minimum atomic E-state index is -0.0570. The van der Waals surface area contributed by atoms with Crippen LogP contribution in [-0.4, -0.2) is 41.2 Å². The molecule has 0 aliphatic carbocycles. The van der Waals surface area contributed by atoms with Crippen molar-refractivity contribution in [2.45, 2.75) is 13.3 Å².